The minimum Gasteiger partial charge on any atom is -0.195 e. The monoisotopic (exact) mass is 338 g/mol. The number of allylic oxidation sites excluding steroid dienone is 1. The van der Waals surface area contributed by atoms with Gasteiger partial charge in [-0.15, -0.1) is 34.0 Å². The Labute approximate surface area is 129 Å². The summed E-state index contributed by atoms with van der Waals surface area (Å²) in [5.41, 5.74) is 1.68. The molecule has 3 heterocycles. The van der Waals surface area contributed by atoms with Crippen molar-refractivity contribution in [2.45, 2.75) is 5.41 Å². The molecule has 3 aromatic rings. The lowest BCUT2D eigenvalue weighted by atomic mass is 9.76. The molecule has 0 N–H and O–H groups in total. The Hall–Kier alpha value is -1.37. The summed E-state index contributed by atoms with van der Waals surface area (Å²) in [7, 11) is 0. The van der Waals surface area contributed by atoms with Crippen LogP contribution in [0.4, 0.5) is 13.2 Å². The van der Waals surface area contributed by atoms with Gasteiger partial charge in [-0.1, -0.05) is 6.08 Å². The van der Waals surface area contributed by atoms with E-state index in [-0.39, 0.29) is 15.4 Å². The highest BCUT2D eigenvalue weighted by molar-refractivity contribution is 7.21. The van der Waals surface area contributed by atoms with Gasteiger partial charge < -0.3 is 0 Å². The van der Waals surface area contributed by atoms with E-state index in [1.807, 2.05) is 12.2 Å². The van der Waals surface area contributed by atoms with E-state index in [2.05, 4.69) is 0 Å². The molecule has 5 rings (SSSR count). The zero-order valence-electron chi connectivity index (χ0n) is 10.2. The molecule has 0 saturated heterocycles. The first kappa shape index (κ1) is 12.2. The fraction of sp³-hybridized carbons (Fsp3) is 0.0667. The average molecular weight is 338 g/mol. The normalized spacial score (nSPS) is 16.5. The third-order valence-electron chi connectivity index (χ3n) is 4.10. The lowest BCUT2D eigenvalue weighted by Gasteiger charge is -2.23. The quantitative estimate of drug-likeness (QED) is 0.498. The predicted octanol–water partition coefficient (Wildman–Crippen LogP) is 5.63. The van der Waals surface area contributed by atoms with E-state index in [1.54, 1.807) is 0 Å². The molecule has 0 aliphatic heterocycles. The van der Waals surface area contributed by atoms with Gasteiger partial charge in [-0.25, -0.2) is 0 Å². The molecule has 0 saturated carbocycles. The summed E-state index contributed by atoms with van der Waals surface area (Å²) in [5, 5.41) is -0.863. The number of hydrogen-bond acceptors (Lipinski definition) is 3. The number of thiophene rings is 3. The summed E-state index contributed by atoms with van der Waals surface area (Å²) in [6.45, 7) is 0. The van der Waals surface area contributed by atoms with Crippen LogP contribution in [-0.4, -0.2) is 0 Å². The predicted molar refractivity (Wildman–Crippen MR) is 80.7 cm³/mol. The van der Waals surface area contributed by atoms with Crippen LogP contribution in [0, 0.1) is 15.4 Å². The molecule has 104 valence electrons. The first-order chi connectivity index (χ1) is 10.1. The maximum Gasteiger partial charge on any atom is 0.177 e. The molecule has 0 atom stereocenters. The first-order valence-electron chi connectivity index (χ1n) is 6.18. The standard InChI is InChI=1S/C15H5F3S3/c16-10-3-6-9(19-10)1-2-15(6)7-4-11(17)20-13(7)14-8(15)5-12(18)21-14/h1-5H. The van der Waals surface area contributed by atoms with Crippen LogP contribution in [-0.2, 0) is 5.41 Å². The average Bonchev–Trinajstić information content (AvgIpc) is 3.14. The van der Waals surface area contributed by atoms with Gasteiger partial charge in [0.05, 0.1) is 15.2 Å². The van der Waals surface area contributed by atoms with Crippen molar-refractivity contribution in [3.05, 3.63) is 61.2 Å². The number of fused-ring (bicyclic) bond motifs is 7. The van der Waals surface area contributed by atoms with Crippen molar-refractivity contribution >= 4 is 40.1 Å². The van der Waals surface area contributed by atoms with Crippen molar-refractivity contribution in [1.82, 2.24) is 0 Å². The van der Waals surface area contributed by atoms with Gasteiger partial charge in [0.15, 0.2) is 15.4 Å². The molecule has 1 spiro atoms. The minimum absolute atomic E-state index is 0.273. The molecule has 21 heavy (non-hydrogen) atoms. The number of halogens is 3. The fourth-order valence-electron chi connectivity index (χ4n) is 3.36. The van der Waals surface area contributed by atoms with Crippen molar-refractivity contribution in [3.8, 4) is 9.75 Å². The van der Waals surface area contributed by atoms with E-state index in [0.29, 0.717) is 0 Å². The van der Waals surface area contributed by atoms with Crippen molar-refractivity contribution in [2.75, 3.05) is 0 Å². The Morgan fingerprint density at radius 2 is 1.24 bits per heavy atom. The van der Waals surface area contributed by atoms with E-state index in [1.165, 1.54) is 18.2 Å². The maximum absolute atomic E-state index is 13.8. The van der Waals surface area contributed by atoms with Gasteiger partial charge in [-0.2, -0.15) is 13.2 Å². The topological polar surface area (TPSA) is 0 Å². The molecule has 0 amide bonds. The van der Waals surface area contributed by atoms with Crippen LogP contribution >= 0.6 is 34.0 Å². The Morgan fingerprint density at radius 1 is 0.714 bits per heavy atom. The van der Waals surface area contributed by atoms with E-state index >= 15 is 0 Å². The molecule has 0 radical (unpaired) electrons. The van der Waals surface area contributed by atoms with Gasteiger partial charge in [-0.05, 0) is 41.0 Å². The molecule has 6 heteroatoms. The molecule has 2 aliphatic rings. The highest BCUT2D eigenvalue weighted by atomic mass is 32.1. The Morgan fingerprint density at radius 3 is 1.86 bits per heavy atom. The van der Waals surface area contributed by atoms with Crippen LogP contribution in [0.15, 0.2) is 24.3 Å². The molecule has 0 fully saturated rings. The Bertz CT molecular complexity index is 895. The lowest BCUT2D eigenvalue weighted by molar-refractivity contribution is 0.646. The first-order valence-corrected chi connectivity index (χ1v) is 8.63. The van der Waals surface area contributed by atoms with Crippen LogP contribution in [0.3, 0.4) is 0 Å². The fourth-order valence-corrected chi connectivity index (χ4v) is 6.27. The van der Waals surface area contributed by atoms with Gasteiger partial charge in [0.1, 0.15) is 0 Å². The highest BCUT2D eigenvalue weighted by Crippen LogP contribution is 2.61. The van der Waals surface area contributed by atoms with Crippen molar-refractivity contribution in [3.63, 3.8) is 0 Å². The van der Waals surface area contributed by atoms with Crippen LogP contribution in [0.2, 0.25) is 0 Å². The van der Waals surface area contributed by atoms with Crippen LogP contribution < -0.4 is 0 Å². The van der Waals surface area contributed by atoms with Crippen LogP contribution in [0.25, 0.3) is 15.8 Å². The molecular formula is C15H5F3S3. The van der Waals surface area contributed by atoms with Crippen LogP contribution in [0.5, 0.6) is 0 Å². The molecule has 2 aliphatic carbocycles. The van der Waals surface area contributed by atoms with Crippen molar-refractivity contribution < 1.29 is 13.2 Å². The molecule has 3 aromatic heterocycles. The molecule has 0 nitrogen and oxygen atoms in total. The summed E-state index contributed by atoms with van der Waals surface area (Å²) in [6.07, 6.45) is 3.80. The molecular weight excluding hydrogens is 333 g/mol. The molecule has 0 aromatic carbocycles. The second kappa shape index (κ2) is 3.69. The smallest absolute Gasteiger partial charge is 0.177 e. The van der Waals surface area contributed by atoms with Gasteiger partial charge in [0.2, 0.25) is 0 Å². The largest absolute Gasteiger partial charge is 0.195 e. The minimum atomic E-state index is -0.720. The summed E-state index contributed by atoms with van der Waals surface area (Å²) in [5.74, 6) is 0. The molecule has 0 unspecified atom stereocenters. The number of hydrogen-bond donors (Lipinski definition) is 0. The zero-order valence-corrected chi connectivity index (χ0v) is 12.7. The van der Waals surface area contributed by atoms with E-state index in [9.17, 15) is 13.2 Å². The summed E-state index contributed by atoms with van der Waals surface area (Å²) in [4.78, 5) is 2.35. The van der Waals surface area contributed by atoms with Crippen molar-refractivity contribution in [1.29, 1.82) is 0 Å². The van der Waals surface area contributed by atoms with Gasteiger partial charge >= 0.3 is 0 Å². The highest BCUT2D eigenvalue weighted by Gasteiger charge is 2.49. The van der Waals surface area contributed by atoms with Gasteiger partial charge in [-0.3, -0.25) is 0 Å². The zero-order chi connectivity index (χ0) is 14.4. The van der Waals surface area contributed by atoms with Crippen LogP contribution in [0.1, 0.15) is 21.6 Å². The lowest BCUT2D eigenvalue weighted by Crippen LogP contribution is -2.21. The summed E-state index contributed by atoms with van der Waals surface area (Å²) < 4.78 is 41.2. The Balaban J connectivity index is 1.94. The summed E-state index contributed by atoms with van der Waals surface area (Å²) in [6, 6.07) is 4.49. The number of rotatable bonds is 0. The maximum atomic E-state index is 13.8. The van der Waals surface area contributed by atoms with Gasteiger partial charge in [0.25, 0.3) is 0 Å². The molecule has 0 bridgehead atoms. The van der Waals surface area contributed by atoms with E-state index < -0.39 is 5.41 Å². The summed E-state index contributed by atoms with van der Waals surface area (Å²) >= 11 is 3.12. The second-order valence-electron chi connectivity index (χ2n) is 5.06. The third kappa shape index (κ3) is 1.31. The van der Waals surface area contributed by atoms with E-state index in [4.69, 9.17) is 0 Å². The van der Waals surface area contributed by atoms with Gasteiger partial charge in [0, 0.05) is 4.88 Å². The SMILES string of the molecule is Fc1cc2c(s1)C=CC21c2cc(F)sc2-c2sc(F)cc21. The van der Waals surface area contributed by atoms with Crippen molar-refractivity contribution in [2.24, 2.45) is 0 Å². The second-order valence-corrected chi connectivity index (χ2v) is 8.10. The Kier molecular flexibility index (Phi) is 2.14. The third-order valence-corrected chi connectivity index (χ3v) is 7.00. The van der Waals surface area contributed by atoms with E-state index in [0.717, 1.165) is 65.3 Å².